The minimum Gasteiger partial charge on any atom is -0.337 e. The van der Waals surface area contributed by atoms with Crippen molar-refractivity contribution in [1.29, 1.82) is 0 Å². The minimum absolute atomic E-state index is 0.315. The van der Waals surface area contributed by atoms with Crippen molar-refractivity contribution in [3.8, 4) is 0 Å². The summed E-state index contributed by atoms with van der Waals surface area (Å²) in [4.78, 5) is 9.51. The summed E-state index contributed by atoms with van der Waals surface area (Å²) in [6.07, 6.45) is 0. The monoisotopic (exact) mass is 426 g/mol. The predicted octanol–water partition coefficient (Wildman–Crippen LogP) is 7.17. The molecule has 32 heavy (non-hydrogen) atoms. The van der Waals surface area contributed by atoms with Crippen LogP contribution in [0.4, 0.5) is 31.8 Å². The quantitative estimate of drug-likeness (QED) is 0.299. The van der Waals surface area contributed by atoms with Crippen LogP contribution >= 0.6 is 0 Å². The molecule has 4 nitrogen and oxygen atoms in total. The number of benzene rings is 4. The highest BCUT2D eigenvalue weighted by Crippen LogP contribution is 2.30. The second-order valence-corrected chi connectivity index (χ2v) is 7.79. The molecule has 158 valence electrons. The molecule has 0 saturated heterocycles. The molecule has 1 heterocycles. The maximum Gasteiger partial charge on any atom is 0.174 e. The first-order chi connectivity index (χ1) is 15.5. The molecule has 0 aliphatic carbocycles. The molecule has 2 N–H and O–H groups in total. The third-order valence-corrected chi connectivity index (χ3v) is 5.40. The Morgan fingerprint density at radius 1 is 0.594 bits per heavy atom. The van der Waals surface area contributed by atoms with Gasteiger partial charge in [-0.1, -0.05) is 36.4 Å². The molecule has 0 fully saturated rings. The second-order valence-electron chi connectivity index (χ2n) is 7.79. The van der Waals surface area contributed by atoms with E-state index in [0.29, 0.717) is 45.2 Å². The third-order valence-electron chi connectivity index (χ3n) is 5.40. The number of hydrogen-bond acceptors (Lipinski definition) is 4. The number of hydrogen-bond donors (Lipinski definition) is 2. The van der Waals surface area contributed by atoms with Crippen LogP contribution in [0, 0.1) is 25.5 Å². The van der Waals surface area contributed by atoms with Gasteiger partial charge in [0.25, 0.3) is 0 Å². The van der Waals surface area contributed by atoms with E-state index in [1.807, 2.05) is 36.4 Å². The Labute approximate surface area is 184 Å². The van der Waals surface area contributed by atoms with Crippen LogP contribution in [0.25, 0.3) is 21.8 Å². The van der Waals surface area contributed by atoms with E-state index < -0.39 is 0 Å². The van der Waals surface area contributed by atoms with E-state index in [9.17, 15) is 8.78 Å². The van der Waals surface area contributed by atoms with Crippen molar-refractivity contribution in [3.63, 3.8) is 0 Å². The summed E-state index contributed by atoms with van der Waals surface area (Å²) >= 11 is 0. The third kappa shape index (κ3) is 3.83. The van der Waals surface area contributed by atoms with Gasteiger partial charge in [0.05, 0.1) is 11.0 Å². The van der Waals surface area contributed by atoms with Crippen LogP contribution in [0.2, 0.25) is 0 Å². The highest BCUT2D eigenvalue weighted by atomic mass is 19.1. The maximum atomic E-state index is 14.1. The van der Waals surface area contributed by atoms with E-state index >= 15 is 0 Å². The van der Waals surface area contributed by atoms with Gasteiger partial charge in [0.1, 0.15) is 11.6 Å². The fourth-order valence-corrected chi connectivity index (χ4v) is 3.53. The zero-order valence-corrected chi connectivity index (χ0v) is 17.6. The molecule has 0 aliphatic rings. The summed E-state index contributed by atoms with van der Waals surface area (Å²) in [5, 5.41) is 8.40. The van der Waals surface area contributed by atoms with Gasteiger partial charge in [0, 0.05) is 11.4 Å². The number of fused-ring (bicyclic) bond motifs is 2. The Morgan fingerprint density at radius 3 is 1.44 bits per heavy atom. The molecule has 0 spiro atoms. The Kier molecular flexibility index (Phi) is 4.90. The fourth-order valence-electron chi connectivity index (χ4n) is 3.53. The Balaban J connectivity index is 1.64. The van der Waals surface area contributed by atoms with Gasteiger partial charge in [-0.05, 0) is 72.1 Å². The smallest absolute Gasteiger partial charge is 0.174 e. The highest BCUT2D eigenvalue weighted by molar-refractivity contribution is 5.96. The molecular weight excluding hydrogens is 406 g/mol. The Morgan fingerprint density at radius 2 is 1.03 bits per heavy atom. The van der Waals surface area contributed by atoms with Crippen molar-refractivity contribution < 1.29 is 8.78 Å². The average molecular weight is 426 g/mol. The van der Waals surface area contributed by atoms with Crippen molar-refractivity contribution in [2.45, 2.75) is 13.8 Å². The number of anilines is 4. The van der Waals surface area contributed by atoms with Gasteiger partial charge in [-0.15, -0.1) is 0 Å². The lowest BCUT2D eigenvalue weighted by molar-refractivity contribution is 0.619. The average Bonchev–Trinajstić information content (AvgIpc) is 2.78. The number of rotatable bonds is 4. The topological polar surface area (TPSA) is 49.8 Å². The summed E-state index contributed by atoms with van der Waals surface area (Å²) in [7, 11) is 0. The van der Waals surface area contributed by atoms with Crippen molar-refractivity contribution in [2.24, 2.45) is 0 Å². The first-order valence-electron chi connectivity index (χ1n) is 10.2. The summed E-state index contributed by atoms with van der Waals surface area (Å²) in [5.74, 6) is 0.198. The molecule has 1 aromatic heterocycles. The van der Waals surface area contributed by atoms with Crippen LogP contribution in [0.1, 0.15) is 11.1 Å². The van der Waals surface area contributed by atoms with E-state index in [4.69, 9.17) is 9.97 Å². The fraction of sp³-hybridized carbons (Fsp3) is 0.0769. The van der Waals surface area contributed by atoms with E-state index in [2.05, 4.69) is 10.6 Å². The van der Waals surface area contributed by atoms with Gasteiger partial charge < -0.3 is 10.6 Å². The summed E-state index contributed by atoms with van der Waals surface area (Å²) < 4.78 is 28.2. The molecule has 0 atom stereocenters. The summed E-state index contributed by atoms with van der Waals surface area (Å²) in [5.41, 5.74) is 3.58. The van der Waals surface area contributed by atoms with Crippen molar-refractivity contribution >= 4 is 44.8 Å². The van der Waals surface area contributed by atoms with Crippen LogP contribution < -0.4 is 10.6 Å². The normalized spacial score (nSPS) is 11.1. The maximum absolute atomic E-state index is 14.1. The zero-order valence-electron chi connectivity index (χ0n) is 17.6. The van der Waals surface area contributed by atoms with Crippen LogP contribution in [-0.4, -0.2) is 9.97 Å². The molecule has 4 aromatic carbocycles. The number of aryl methyl sites for hydroxylation is 2. The van der Waals surface area contributed by atoms with Crippen molar-refractivity contribution in [3.05, 3.63) is 95.6 Å². The molecule has 6 heteroatoms. The van der Waals surface area contributed by atoms with Crippen molar-refractivity contribution in [1.82, 2.24) is 9.97 Å². The molecule has 0 unspecified atom stereocenters. The van der Waals surface area contributed by atoms with E-state index in [-0.39, 0.29) is 11.6 Å². The van der Waals surface area contributed by atoms with Gasteiger partial charge in [-0.2, -0.15) is 0 Å². The minimum atomic E-state index is -0.315. The van der Waals surface area contributed by atoms with Crippen LogP contribution in [0.15, 0.2) is 72.8 Å². The first-order valence-corrected chi connectivity index (χ1v) is 10.2. The lowest BCUT2D eigenvalue weighted by Crippen LogP contribution is -2.04. The Bertz CT molecular complexity index is 1370. The van der Waals surface area contributed by atoms with Gasteiger partial charge in [-0.25, -0.2) is 18.7 Å². The van der Waals surface area contributed by atoms with Crippen LogP contribution in [0.3, 0.4) is 0 Å². The highest BCUT2D eigenvalue weighted by Gasteiger charge is 2.13. The number of aromatic nitrogens is 2. The molecule has 5 aromatic rings. The molecule has 0 radical (unpaired) electrons. The van der Waals surface area contributed by atoms with E-state index in [1.165, 1.54) is 12.1 Å². The van der Waals surface area contributed by atoms with Gasteiger partial charge >= 0.3 is 0 Å². The van der Waals surface area contributed by atoms with Crippen LogP contribution in [-0.2, 0) is 0 Å². The summed E-state index contributed by atoms with van der Waals surface area (Å²) in [6.45, 7) is 3.41. The molecule has 0 bridgehead atoms. The lowest BCUT2D eigenvalue weighted by atomic mass is 10.1. The van der Waals surface area contributed by atoms with E-state index in [1.54, 1.807) is 38.1 Å². The second kappa shape index (κ2) is 7.89. The van der Waals surface area contributed by atoms with Gasteiger partial charge in [-0.3, -0.25) is 0 Å². The number of nitrogens with zero attached hydrogens (tertiary/aromatic N) is 2. The number of halogens is 2. The standard InChI is InChI=1S/C26H20F2N4/c1-15-7-9-19(13-21(15)27)29-25-26(30-20-10-8-16(2)22(28)14-20)32-24-12-18-6-4-3-5-17(18)11-23(24)31-25/h3-14H,1-2H3,(H,29,31)(H,30,32). The first kappa shape index (κ1) is 19.9. The Hall–Kier alpha value is -4.06. The lowest BCUT2D eigenvalue weighted by Gasteiger charge is -2.15. The van der Waals surface area contributed by atoms with E-state index in [0.717, 1.165) is 10.8 Å². The SMILES string of the molecule is Cc1ccc(Nc2nc3cc4ccccc4cc3nc2Nc2ccc(C)c(F)c2)cc1F. The predicted molar refractivity (Wildman–Crippen MR) is 126 cm³/mol. The largest absolute Gasteiger partial charge is 0.337 e. The molecule has 0 saturated carbocycles. The molecule has 0 aliphatic heterocycles. The van der Waals surface area contributed by atoms with Gasteiger partial charge in [0.15, 0.2) is 11.6 Å². The summed E-state index contributed by atoms with van der Waals surface area (Å²) in [6, 6.07) is 21.7. The number of nitrogens with one attached hydrogen (secondary N) is 2. The molecule has 0 amide bonds. The zero-order chi connectivity index (χ0) is 22.2. The van der Waals surface area contributed by atoms with Crippen molar-refractivity contribution in [2.75, 3.05) is 10.6 Å². The molecular formula is C26H20F2N4. The van der Waals surface area contributed by atoms with Gasteiger partial charge in [0.2, 0.25) is 0 Å². The van der Waals surface area contributed by atoms with Crippen LogP contribution in [0.5, 0.6) is 0 Å². The molecule has 5 rings (SSSR count).